The molecule has 0 radical (unpaired) electrons. The van der Waals surface area contributed by atoms with E-state index in [4.69, 9.17) is 33.7 Å². The quantitative estimate of drug-likeness (QED) is 0.816. The first kappa shape index (κ1) is 14.0. The lowest BCUT2D eigenvalue weighted by molar-refractivity contribution is -0.127. The standard InChI is InChI=1S/C11H11Cl2N3O3/c12-8-3-6(4-9(13)15-8)11(18)16-1-2-19-5-7(16)10(14)17/h3-4,7H,1-2,5H2,(H2,14,17). The predicted octanol–water partition coefficient (Wildman–Crippen LogP) is 0.715. The number of rotatable bonds is 2. The topological polar surface area (TPSA) is 85.5 Å². The third kappa shape index (κ3) is 3.15. The fourth-order valence-electron chi connectivity index (χ4n) is 1.84. The molecule has 1 aliphatic heterocycles. The molecule has 102 valence electrons. The van der Waals surface area contributed by atoms with Crippen molar-refractivity contribution in [3.63, 3.8) is 0 Å². The SMILES string of the molecule is NC(=O)C1COCCN1C(=O)c1cc(Cl)nc(Cl)c1. The summed E-state index contributed by atoms with van der Waals surface area (Å²) in [6.07, 6.45) is 0. The van der Waals surface area contributed by atoms with Crippen molar-refractivity contribution in [2.24, 2.45) is 5.73 Å². The molecule has 1 aromatic heterocycles. The highest BCUT2D eigenvalue weighted by Crippen LogP contribution is 2.18. The monoisotopic (exact) mass is 303 g/mol. The first-order valence-corrected chi connectivity index (χ1v) is 6.26. The molecule has 0 saturated carbocycles. The van der Waals surface area contributed by atoms with Crippen LogP contribution in [0.1, 0.15) is 10.4 Å². The van der Waals surface area contributed by atoms with Gasteiger partial charge < -0.3 is 15.4 Å². The summed E-state index contributed by atoms with van der Waals surface area (Å²) in [6.45, 7) is 0.722. The van der Waals surface area contributed by atoms with E-state index >= 15 is 0 Å². The predicted molar refractivity (Wildman–Crippen MR) is 69.1 cm³/mol. The lowest BCUT2D eigenvalue weighted by atomic mass is 10.1. The second kappa shape index (κ2) is 5.73. The van der Waals surface area contributed by atoms with Crippen LogP contribution >= 0.6 is 23.2 Å². The number of morpholine rings is 1. The van der Waals surface area contributed by atoms with Gasteiger partial charge in [-0.15, -0.1) is 0 Å². The van der Waals surface area contributed by atoms with E-state index in [1.165, 1.54) is 17.0 Å². The van der Waals surface area contributed by atoms with Crippen molar-refractivity contribution in [3.05, 3.63) is 28.0 Å². The molecule has 6 nitrogen and oxygen atoms in total. The molecular formula is C11H11Cl2N3O3. The first-order chi connectivity index (χ1) is 8.99. The Morgan fingerprint density at radius 3 is 2.58 bits per heavy atom. The number of nitrogens with two attached hydrogens (primary N) is 1. The highest BCUT2D eigenvalue weighted by molar-refractivity contribution is 6.33. The van der Waals surface area contributed by atoms with Crippen LogP contribution in [0.4, 0.5) is 0 Å². The van der Waals surface area contributed by atoms with Gasteiger partial charge in [0.05, 0.1) is 13.2 Å². The average Bonchev–Trinajstić information content (AvgIpc) is 2.36. The van der Waals surface area contributed by atoms with Gasteiger partial charge in [-0.1, -0.05) is 23.2 Å². The highest BCUT2D eigenvalue weighted by atomic mass is 35.5. The molecule has 1 aliphatic rings. The largest absolute Gasteiger partial charge is 0.377 e. The van der Waals surface area contributed by atoms with E-state index in [0.717, 1.165) is 0 Å². The Bertz CT molecular complexity index is 504. The molecule has 2 heterocycles. The number of hydrogen-bond acceptors (Lipinski definition) is 4. The molecule has 0 bridgehead atoms. The van der Waals surface area contributed by atoms with Gasteiger partial charge in [0, 0.05) is 12.1 Å². The van der Waals surface area contributed by atoms with Crippen molar-refractivity contribution in [3.8, 4) is 0 Å². The number of nitrogens with zero attached hydrogens (tertiary/aromatic N) is 2. The Balaban J connectivity index is 2.28. The highest BCUT2D eigenvalue weighted by Gasteiger charge is 2.32. The summed E-state index contributed by atoms with van der Waals surface area (Å²) in [5, 5.41) is 0.222. The van der Waals surface area contributed by atoms with Gasteiger partial charge in [0.2, 0.25) is 5.91 Å². The van der Waals surface area contributed by atoms with Crippen LogP contribution in [0.5, 0.6) is 0 Å². The molecule has 19 heavy (non-hydrogen) atoms. The number of ether oxygens (including phenoxy) is 1. The fourth-order valence-corrected chi connectivity index (χ4v) is 2.30. The number of carbonyl (C=O) groups excluding carboxylic acids is 2. The van der Waals surface area contributed by atoms with Crippen molar-refractivity contribution in [2.75, 3.05) is 19.8 Å². The van der Waals surface area contributed by atoms with Crippen LogP contribution < -0.4 is 5.73 Å². The van der Waals surface area contributed by atoms with Gasteiger partial charge >= 0.3 is 0 Å². The number of amides is 2. The van der Waals surface area contributed by atoms with Gasteiger partial charge in [-0.05, 0) is 12.1 Å². The van der Waals surface area contributed by atoms with Crippen molar-refractivity contribution in [2.45, 2.75) is 6.04 Å². The Hall–Kier alpha value is -1.37. The molecule has 1 aromatic rings. The molecular weight excluding hydrogens is 293 g/mol. The summed E-state index contributed by atoms with van der Waals surface area (Å²) < 4.78 is 5.15. The third-order valence-corrected chi connectivity index (χ3v) is 3.11. The summed E-state index contributed by atoms with van der Waals surface area (Å²) in [4.78, 5) is 28.8. The maximum absolute atomic E-state index is 12.3. The minimum absolute atomic E-state index is 0.0909. The molecule has 1 atom stereocenters. The lowest BCUT2D eigenvalue weighted by Gasteiger charge is -2.33. The second-order valence-corrected chi connectivity index (χ2v) is 4.77. The molecule has 0 aromatic carbocycles. The van der Waals surface area contributed by atoms with E-state index in [-0.39, 0.29) is 34.9 Å². The first-order valence-electron chi connectivity index (χ1n) is 5.50. The third-order valence-electron chi connectivity index (χ3n) is 2.73. The van der Waals surface area contributed by atoms with Gasteiger partial charge in [-0.2, -0.15) is 0 Å². The van der Waals surface area contributed by atoms with Crippen LogP contribution in [0, 0.1) is 0 Å². The maximum atomic E-state index is 12.3. The lowest BCUT2D eigenvalue weighted by Crippen LogP contribution is -2.54. The summed E-state index contributed by atoms with van der Waals surface area (Å²) >= 11 is 11.5. The van der Waals surface area contributed by atoms with E-state index in [1.807, 2.05) is 0 Å². The van der Waals surface area contributed by atoms with Crippen LogP contribution in [-0.2, 0) is 9.53 Å². The zero-order chi connectivity index (χ0) is 14.0. The fraction of sp³-hybridized carbons (Fsp3) is 0.364. The molecule has 2 rings (SSSR count). The van der Waals surface area contributed by atoms with Crippen molar-refractivity contribution >= 4 is 35.0 Å². The second-order valence-electron chi connectivity index (χ2n) is 3.99. The molecule has 0 aliphatic carbocycles. The molecule has 0 spiro atoms. The molecule has 8 heteroatoms. The Kier molecular flexibility index (Phi) is 4.24. The van der Waals surface area contributed by atoms with E-state index in [1.54, 1.807) is 0 Å². The zero-order valence-corrected chi connectivity index (χ0v) is 11.3. The van der Waals surface area contributed by atoms with Crippen molar-refractivity contribution in [1.29, 1.82) is 0 Å². The van der Waals surface area contributed by atoms with Crippen LogP contribution in [0.3, 0.4) is 0 Å². The Morgan fingerprint density at radius 1 is 1.37 bits per heavy atom. The van der Waals surface area contributed by atoms with Gasteiger partial charge in [0.15, 0.2) is 0 Å². The summed E-state index contributed by atoms with van der Waals surface area (Å²) in [5.41, 5.74) is 5.52. The number of halogens is 2. The van der Waals surface area contributed by atoms with E-state index in [9.17, 15) is 9.59 Å². The number of hydrogen-bond donors (Lipinski definition) is 1. The van der Waals surface area contributed by atoms with Gasteiger partial charge in [0.25, 0.3) is 5.91 Å². The number of aromatic nitrogens is 1. The van der Waals surface area contributed by atoms with Gasteiger partial charge in [-0.3, -0.25) is 9.59 Å². The van der Waals surface area contributed by atoms with Gasteiger partial charge in [0.1, 0.15) is 16.3 Å². The van der Waals surface area contributed by atoms with E-state index in [0.29, 0.717) is 6.61 Å². The number of pyridine rings is 1. The molecule has 1 saturated heterocycles. The smallest absolute Gasteiger partial charge is 0.254 e. The van der Waals surface area contributed by atoms with Crippen LogP contribution in [-0.4, -0.2) is 47.5 Å². The zero-order valence-electron chi connectivity index (χ0n) is 9.81. The summed E-state index contributed by atoms with van der Waals surface area (Å²) in [6, 6.07) is 2.00. The van der Waals surface area contributed by atoms with E-state index in [2.05, 4.69) is 4.98 Å². The molecule has 1 unspecified atom stereocenters. The van der Waals surface area contributed by atoms with Gasteiger partial charge in [-0.25, -0.2) is 4.98 Å². The number of carbonyl (C=O) groups is 2. The van der Waals surface area contributed by atoms with E-state index < -0.39 is 11.9 Å². The molecule has 2 N–H and O–H groups in total. The summed E-state index contributed by atoms with van der Waals surface area (Å²) in [5.74, 6) is -0.988. The minimum Gasteiger partial charge on any atom is -0.377 e. The minimum atomic E-state index is -0.785. The van der Waals surface area contributed by atoms with Crippen LogP contribution in [0.25, 0.3) is 0 Å². The summed E-state index contributed by atoms with van der Waals surface area (Å²) in [7, 11) is 0. The number of primary amides is 1. The molecule has 2 amide bonds. The van der Waals surface area contributed by atoms with Crippen LogP contribution in [0.15, 0.2) is 12.1 Å². The molecule has 1 fully saturated rings. The average molecular weight is 304 g/mol. The maximum Gasteiger partial charge on any atom is 0.254 e. The van der Waals surface area contributed by atoms with Crippen molar-refractivity contribution in [1.82, 2.24) is 9.88 Å². The van der Waals surface area contributed by atoms with Crippen LogP contribution in [0.2, 0.25) is 10.3 Å². The Morgan fingerprint density at radius 2 is 2.00 bits per heavy atom. The van der Waals surface area contributed by atoms with Crippen molar-refractivity contribution < 1.29 is 14.3 Å². The normalized spacial score (nSPS) is 19.3. The Labute approximate surface area is 119 Å².